The second-order valence-electron chi connectivity index (χ2n) is 5.26. The second kappa shape index (κ2) is 11.1. The molecule has 1 aromatic rings. The number of aliphatic hydroxyl groups excluding tert-OH is 1. The lowest BCUT2D eigenvalue weighted by molar-refractivity contribution is 0.307. The zero-order valence-electron chi connectivity index (χ0n) is 13.4. The van der Waals surface area contributed by atoms with Crippen LogP contribution in [0.3, 0.4) is 0 Å². The maximum absolute atomic E-state index is 8.89. The molecule has 118 valence electrons. The number of anilines is 1. The Labute approximate surface area is 129 Å². The van der Waals surface area contributed by atoms with Gasteiger partial charge in [-0.15, -0.1) is 0 Å². The lowest BCUT2D eigenvalue weighted by Gasteiger charge is -2.14. The van der Waals surface area contributed by atoms with Crippen LogP contribution in [0.1, 0.15) is 57.9 Å². The molecule has 0 aliphatic rings. The lowest BCUT2D eigenvalue weighted by Crippen LogP contribution is -2.05. The summed E-state index contributed by atoms with van der Waals surface area (Å²) in [5.74, 6) is 0.873. The zero-order valence-corrected chi connectivity index (χ0v) is 13.4. The third-order valence-corrected chi connectivity index (χ3v) is 3.37. The van der Waals surface area contributed by atoms with Crippen molar-refractivity contribution in [3.63, 3.8) is 0 Å². The fraction of sp³-hybridized carbons (Fsp3) is 0.556. The predicted octanol–water partition coefficient (Wildman–Crippen LogP) is 5.39. The van der Waals surface area contributed by atoms with Gasteiger partial charge >= 0.3 is 0 Å². The van der Waals surface area contributed by atoms with E-state index in [4.69, 9.17) is 9.84 Å². The van der Waals surface area contributed by atoms with Crippen molar-refractivity contribution in [1.82, 2.24) is 0 Å². The van der Waals surface area contributed by atoms with E-state index in [0.29, 0.717) is 0 Å². The van der Waals surface area contributed by atoms with E-state index >= 15 is 0 Å². The minimum Gasteiger partial charge on any atom is -0.516 e. The quantitative estimate of drug-likeness (QED) is 0.424. The normalized spacial score (nSPS) is 11.0. The molecule has 0 fully saturated rings. The first-order valence-corrected chi connectivity index (χ1v) is 8.13. The van der Waals surface area contributed by atoms with Crippen LogP contribution < -0.4 is 10.1 Å². The maximum Gasteiger partial charge on any atom is 0.142 e. The molecule has 3 nitrogen and oxygen atoms in total. The van der Waals surface area contributed by atoms with Gasteiger partial charge in [-0.3, -0.25) is 0 Å². The van der Waals surface area contributed by atoms with Crippen molar-refractivity contribution >= 4 is 11.8 Å². The van der Waals surface area contributed by atoms with E-state index in [1.807, 2.05) is 18.2 Å². The van der Waals surface area contributed by atoms with Crippen LogP contribution in [0.2, 0.25) is 0 Å². The molecule has 0 aromatic heterocycles. The van der Waals surface area contributed by atoms with Crippen LogP contribution in [0.15, 0.2) is 24.5 Å². The van der Waals surface area contributed by atoms with Crippen LogP contribution in [0.5, 0.6) is 5.75 Å². The van der Waals surface area contributed by atoms with Gasteiger partial charge in [0.1, 0.15) is 5.75 Å². The Morgan fingerprint density at radius 3 is 2.57 bits per heavy atom. The average molecular weight is 291 g/mol. The van der Waals surface area contributed by atoms with Gasteiger partial charge in [-0.05, 0) is 36.6 Å². The van der Waals surface area contributed by atoms with Crippen molar-refractivity contribution in [2.24, 2.45) is 0 Å². The zero-order chi connectivity index (χ0) is 15.3. The Bertz CT molecular complexity index is 416. The van der Waals surface area contributed by atoms with Gasteiger partial charge in [-0.25, -0.2) is 0 Å². The van der Waals surface area contributed by atoms with E-state index in [1.54, 1.807) is 6.08 Å². The fourth-order valence-corrected chi connectivity index (χ4v) is 2.13. The van der Waals surface area contributed by atoms with Crippen molar-refractivity contribution in [1.29, 1.82) is 0 Å². The number of aliphatic hydroxyl groups is 1. The van der Waals surface area contributed by atoms with E-state index in [-0.39, 0.29) is 0 Å². The van der Waals surface area contributed by atoms with Crippen LogP contribution in [-0.4, -0.2) is 18.3 Å². The fourth-order valence-electron chi connectivity index (χ4n) is 2.13. The minimum atomic E-state index is 0.740. The summed E-state index contributed by atoms with van der Waals surface area (Å²) in [6.45, 7) is 6.10. The molecule has 0 spiro atoms. The van der Waals surface area contributed by atoms with E-state index in [1.165, 1.54) is 32.1 Å². The molecule has 1 aromatic carbocycles. The Balaban J connectivity index is 2.64. The third-order valence-electron chi connectivity index (χ3n) is 3.37. The van der Waals surface area contributed by atoms with Crippen LogP contribution in [0.25, 0.3) is 6.08 Å². The summed E-state index contributed by atoms with van der Waals surface area (Å²) in [5.41, 5.74) is 1.99. The van der Waals surface area contributed by atoms with Gasteiger partial charge in [0.2, 0.25) is 0 Å². The molecule has 0 radical (unpaired) electrons. The van der Waals surface area contributed by atoms with Crippen molar-refractivity contribution in [2.45, 2.75) is 52.4 Å². The smallest absolute Gasteiger partial charge is 0.142 e. The molecule has 0 unspecified atom stereocenters. The number of hydrogen-bond donors (Lipinski definition) is 2. The second-order valence-corrected chi connectivity index (χ2v) is 5.26. The monoisotopic (exact) mass is 291 g/mol. The number of nitrogens with one attached hydrogen (secondary N) is 1. The van der Waals surface area contributed by atoms with E-state index in [0.717, 1.165) is 42.8 Å². The van der Waals surface area contributed by atoms with Gasteiger partial charge in [-0.2, -0.15) is 0 Å². The molecule has 21 heavy (non-hydrogen) atoms. The van der Waals surface area contributed by atoms with Gasteiger partial charge in [0.05, 0.1) is 18.6 Å². The van der Waals surface area contributed by atoms with E-state index < -0.39 is 0 Å². The predicted molar refractivity (Wildman–Crippen MR) is 91.1 cm³/mol. The highest BCUT2D eigenvalue weighted by atomic mass is 16.5. The van der Waals surface area contributed by atoms with Crippen LogP contribution >= 0.6 is 0 Å². The van der Waals surface area contributed by atoms with Gasteiger partial charge in [0, 0.05) is 6.54 Å². The summed E-state index contributed by atoms with van der Waals surface area (Å²) in [7, 11) is 0. The molecule has 0 amide bonds. The summed E-state index contributed by atoms with van der Waals surface area (Å²) in [4.78, 5) is 0. The highest BCUT2D eigenvalue weighted by Crippen LogP contribution is 2.27. The first kappa shape index (κ1) is 17.4. The molecular weight excluding hydrogens is 262 g/mol. The molecule has 2 N–H and O–H groups in total. The Morgan fingerprint density at radius 1 is 1.10 bits per heavy atom. The molecule has 0 saturated carbocycles. The van der Waals surface area contributed by atoms with Gasteiger partial charge in [-0.1, -0.05) is 45.6 Å². The molecule has 0 aliphatic heterocycles. The summed E-state index contributed by atoms with van der Waals surface area (Å²) >= 11 is 0. The molecule has 0 atom stereocenters. The van der Waals surface area contributed by atoms with Gasteiger partial charge in [0.25, 0.3) is 0 Å². The van der Waals surface area contributed by atoms with Gasteiger partial charge in [0.15, 0.2) is 0 Å². The molecule has 0 saturated heterocycles. The van der Waals surface area contributed by atoms with Crippen LogP contribution in [0.4, 0.5) is 5.69 Å². The first-order chi connectivity index (χ1) is 10.3. The van der Waals surface area contributed by atoms with Gasteiger partial charge < -0.3 is 15.2 Å². The number of hydrogen-bond acceptors (Lipinski definition) is 3. The third kappa shape index (κ3) is 7.07. The Morgan fingerprint density at radius 2 is 1.86 bits per heavy atom. The lowest BCUT2D eigenvalue weighted by atomic mass is 10.1. The number of unbranched alkanes of at least 4 members (excludes halogenated alkanes) is 4. The van der Waals surface area contributed by atoms with E-state index in [9.17, 15) is 0 Å². The highest BCUT2D eigenvalue weighted by Gasteiger charge is 2.04. The molecule has 0 heterocycles. The van der Waals surface area contributed by atoms with Crippen molar-refractivity contribution in [3.05, 3.63) is 30.0 Å². The summed E-state index contributed by atoms with van der Waals surface area (Å²) < 4.78 is 5.91. The molecular formula is C18H29NO2. The van der Waals surface area contributed by atoms with Crippen LogP contribution in [-0.2, 0) is 0 Å². The Kier molecular flexibility index (Phi) is 9.18. The summed E-state index contributed by atoms with van der Waals surface area (Å²) in [5, 5.41) is 12.3. The Hall–Kier alpha value is -1.64. The largest absolute Gasteiger partial charge is 0.516 e. The topological polar surface area (TPSA) is 41.5 Å². The SMILES string of the molecule is CCCCCNc1ccc(/C=C/O)cc1OCCCCC. The van der Waals surface area contributed by atoms with Crippen molar-refractivity contribution in [3.8, 4) is 5.75 Å². The maximum atomic E-state index is 8.89. The number of ether oxygens (including phenoxy) is 1. The molecule has 1 rings (SSSR count). The molecule has 3 heteroatoms. The van der Waals surface area contributed by atoms with E-state index in [2.05, 4.69) is 19.2 Å². The minimum absolute atomic E-state index is 0.740. The number of rotatable bonds is 11. The summed E-state index contributed by atoms with van der Waals surface area (Å²) in [6.07, 6.45) is 9.82. The average Bonchev–Trinajstić information content (AvgIpc) is 2.50. The number of benzene rings is 1. The highest BCUT2D eigenvalue weighted by molar-refractivity contribution is 5.63. The first-order valence-electron chi connectivity index (χ1n) is 8.13. The standard InChI is InChI=1S/C18H29NO2/c1-3-5-7-12-19-17-10-9-16(11-13-20)15-18(17)21-14-8-6-4-2/h9-11,13,15,19-20H,3-8,12,14H2,1-2H3/b13-11+. The molecule has 0 bridgehead atoms. The van der Waals surface area contributed by atoms with Crippen LogP contribution in [0, 0.1) is 0 Å². The summed E-state index contributed by atoms with van der Waals surface area (Å²) in [6, 6.07) is 5.98. The molecule has 0 aliphatic carbocycles. The van der Waals surface area contributed by atoms with Crippen molar-refractivity contribution < 1.29 is 9.84 Å². The van der Waals surface area contributed by atoms with Crippen molar-refractivity contribution in [2.75, 3.05) is 18.5 Å².